The Morgan fingerprint density at radius 1 is 1.18 bits per heavy atom. The number of carbonyl (C=O) groups excluding carboxylic acids is 3. The number of carboxylic acid groups (broad SMARTS) is 1. The first-order chi connectivity index (χ1) is 15.6. The van der Waals surface area contributed by atoms with Crippen molar-refractivity contribution in [3.63, 3.8) is 0 Å². The van der Waals surface area contributed by atoms with Gasteiger partial charge in [0.1, 0.15) is 18.1 Å². The molecular formula is C20H34N6O5S2. The first-order valence-corrected chi connectivity index (χ1v) is 12.6. The molecule has 11 nitrogen and oxygen atoms in total. The van der Waals surface area contributed by atoms with Gasteiger partial charge in [0.2, 0.25) is 17.7 Å². The molecule has 0 fully saturated rings. The Labute approximate surface area is 203 Å². The summed E-state index contributed by atoms with van der Waals surface area (Å²) in [5, 5.41) is 17.3. The van der Waals surface area contributed by atoms with Crippen molar-refractivity contribution in [2.75, 3.05) is 17.8 Å². The Kier molecular flexibility index (Phi) is 12.9. The Balaban J connectivity index is 2.96. The summed E-state index contributed by atoms with van der Waals surface area (Å²) in [6.07, 6.45) is 5.64. The van der Waals surface area contributed by atoms with Crippen LogP contribution in [0.25, 0.3) is 0 Å². The summed E-state index contributed by atoms with van der Waals surface area (Å²) in [7, 11) is 0. The fourth-order valence-corrected chi connectivity index (χ4v) is 3.54. The number of thioether (sulfide) groups is 1. The van der Waals surface area contributed by atoms with Gasteiger partial charge in [-0.2, -0.15) is 24.4 Å². The fraction of sp³-hybridized carbons (Fsp3) is 0.650. The maximum Gasteiger partial charge on any atom is 0.326 e. The van der Waals surface area contributed by atoms with Crippen molar-refractivity contribution >= 4 is 48.1 Å². The predicted molar refractivity (Wildman–Crippen MR) is 130 cm³/mol. The zero-order chi connectivity index (χ0) is 25.0. The molecular weight excluding hydrogens is 468 g/mol. The van der Waals surface area contributed by atoms with Gasteiger partial charge in [0, 0.05) is 24.1 Å². The van der Waals surface area contributed by atoms with Gasteiger partial charge in [0.25, 0.3) is 0 Å². The average molecular weight is 503 g/mol. The molecule has 0 saturated heterocycles. The minimum absolute atomic E-state index is 0.0113. The third kappa shape index (κ3) is 9.64. The van der Waals surface area contributed by atoms with Crippen molar-refractivity contribution in [1.82, 2.24) is 25.9 Å². The summed E-state index contributed by atoms with van der Waals surface area (Å²) in [4.78, 5) is 56.5. The van der Waals surface area contributed by atoms with E-state index in [0.717, 1.165) is 0 Å². The molecule has 13 heteroatoms. The number of nitrogens with zero attached hydrogens (tertiary/aromatic N) is 1. The van der Waals surface area contributed by atoms with Gasteiger partial charge in [0.05, 0.1) is 12.4 Å². The van der Waals surface area contributed by atoms with E-state index in [2.05, 4.69) is 38.5 Å². The number of carbonyl (C=O) groups is 4. The molecule has 1 heterocycles. The highest BCUT2D eigenvalue weighted by molar-refractivity contribution is 7.98. The summed E-state index contributed by atoms with van der Waals surface area (Å²) in [6.45, 7) is 3.68. The number of aromatic amines is 1. The molecule has 1 rings (SSSR count). The molecule has 1 aromatic rings. The van der Waals surface area contributed by atoms with Crippen LogP contribution in [-0.2, 0) is 25.6 Å². The molecule has 0 radical (unpaired) electrons. The second-order valence-electron chi connectivity index (χ2n) is 7.68. The van der Waals surface area contributed by atoms with Gasteiger partial charge >= 0.3 is 5.97 Å². The highest BCUT2D eigenvalue weighted by Crippen LogP contribution is 2.10. The van der Waals surface area contributed by atoms with Gasteiger partial charge in [-0.05, 0) is 24.3 Å². The molecule has 3 amide bonds. The number of thiol groups is 1. The number of nitrogens with one attached hydrogen (secondary N) is 4. The number of rotatable bonds is 15. The van der Waals surface area contributed by atoms with Crippen molar-refractivity contribution in [3.05, 3.63) is 18.2 Å². The second-order valence-corrected chi connectivity index (χ2v) is 9.03. The maximum absolute atomic E-state index is 13.0. The summed E-state index contributed by atoms with van der Waals surface area (Å²) < 4.78 is 0. The van der Waals surface area contributed by atoms with Crippen molar-refractivity contribution in [2.45, 2.75) is 57.3 Å². The van der Waals surface area contributed by atoms with Gasteiger partial charge in [0.15, 0.2) is 0 Å². The van der Waals surface area contributed by atoms with E-state index >= 15 is 0 Å². The number of nitrogens with two attached hydrogens (primary N) is 1. The van der Waals surface area contributed by atoms with E-state index in [4.69, 9.17) is 5.73 Å². The van der Waals surface area contributed by atoms with Crippen molar-refractivity contribution in [2.24, 2.45) is 11.7 Å². The Hall–Kier alpha value is -2.25. The molecule has 1 aromatic heterocycles. The van der Waals surface area contributed by atoms with E-state index in [0.29, 0.717) is 17.9 Å². The second kappa shape index (κ2) is 14.8. The van der Waals surface area contributed by atoms with E-state index in [-0.39, 0.29) is 24.5 Å². The summed E-state index contributed by atoms with van der Waals surface area (Å²) in [5.41, 5.74) is 6.26. The zero-order valence-corrected chi connectivity index (χ0v) is 20.7. The van der Waals surface area contributed by atoms with E-state index < -0.39 is 47.9 Å². The standard InChI is InChI=1S/C20H34N6O5S2/c1-4-11(2)16(26-17(27)13(21)9-32)19(29)24-14(5-6-33-3)18(28)25-15(20(30)31)7-12-8-22-10-23-12/h8,10-11,13-16,32H,4-7,9,21H2,1-3H3,(H,22,23)(H,24,29)(H,25,28)(H,26,27)(H,30,31). The molecule has 33 heavy (non-hydrogen) atoms. The van der Waals surface area contributed by atoms with Crippen LogP contribution in [0, 0.1) is 5.92 Å². The number of hydrogen-bond donors (Lipinski definition) is 7. The van der Waals surface area contributed by atoms with Gasteiger partial charge in [-0.3, -0.25) is 14.4 Å². The molecule has 0 aliphatic carbocycles. The number of amides is 3. The maximum atomic E-state index is 13.0. The number of carboxylic acids is 1. The summed E-state index contributed by atoms with van der Waals surface area (Å²) in [5.74, 6) is -2.43. The molecule has 0 saturated carbocycles. The lowest BCUT2D eigenvalue weighted by Gasteiger charge is -2.27. The van der Waals surface area contributed by atoms with Crippen LogP contribution in [0.1, 0.15) is 32.4 Å². The van der Waals surface area contributed by atoms with Crippen LogP contribution in [0.5, 0.6) is 0 Å². The molecule has 0 bridgehead atoms. The van der Waals surface area contributed by atoms with Crippen LogP contribution in [0.15, 0.2) is 12.5 Å². The first-order valence-electron chi connectivity index (χ1n) is 10.6. The Morgan fingerprint density at radius 2 is 1.85 bits per heavy atom. The van der Waals surface area contributed by atoms with Gasteiger partial charge in [-0.25, -0.2) is 9.78 Å². The van der Waals surface area contributed by atoms with Crippen LogP contribution < -0.4 is 21.7 Å². The zero-order valence-electron chi connectivity index (χ0n) is 19.0. The lowest BCUT2D eigenvalue weighted by atomic mass is 9.97. The SMILES string of the molecule is CCC(C)C(NC(=O)C(N)CS)C(=O)NC(CCSC)C(=O)NC(Cc1cnc[nH]1)C(=O)O. The molecule has 0 aliphatic heterocycles. The van der Waals surface area contributed by atoms with E-state index in [1.807, 2.05) is 13.2 Å². The molecule has 0 spiro atoms. The normalized spacial score (nSPS) is 15.5. The fourth-order valence-electron chi connectivity index (χ4n) is 2.90. The Bertz CT molecular complexity index is 779. The number of aliphatic carboxylic acids is 1. The van der Waals surface area contributed by atoms with E-state index in [9.17, 15) is 24.3 Å². The molecule has 5 unspecified atom stereocenters. The number of aromatic nitrogens is 2. The van der Waals surface area contributed by atoms with Crippen LogP contribution in [0.3, 0.4) is 0 Å². The topological polar surface area (TPSA) is 179 Å². The molecule has 7 N–H and O–H groups in total. The third-order valence-electron chi connectivity index (χ3n) is 5.16. The Morgan fingerprint density at radius 3 is 2.36 bits per heavy atom. The molecule has 0 aromatic carbocycles. The summed E-state index contributed by atoms with van der Waals surface area (Å²) in [6, 6.07) is -3.96. The van der Waals surface area contributed by atoms with E-state index in [1.54, 1.807) is 6.92 Å². The van der Waals surface area contributed by atoms with Crippen molar-refractivity contribution < 1.29 is 24.3 Å². The smallest absolute Gasteiger partial charge is 0.326 e. The molecule has 5 atom stereocenters. The third-order valence-corrected chi connectivity index (χ3v) is 6.20. The number of hydrogen-bond acceptors (Lipinski definition) is 8. The molecule has 0 aliphatic rings. The highest BCUT2D eigenvalue weighted by Gasteiger charge is 2.32. The first kappa shape index (κ1) is 28.8. The van der Waals surface area contributed by atoms with Crippen molar-refractivity contribution in [1.29, 1.82) is 0 Å². The highest BCUT2D eigenvalue weighted by atomic mass is 32.2. The summed E-state index contributed by atoms with van der Waals surface area (Å²) >= 11 is 5.49. The average Bonchev–Trinajstić information content (AvgIpc) is 3.31. The largest absolute Gasteiger partial charge is 0.480 e. The minimum Gasteiger partial charge on any atom is -0.480 e. The van der Waals surface area contributed by atoms with Crippen molar-refractivity contribution in [3.8, 4) is 0 Å². The van der Waals surface area contributed by atoms with Crippen LogP contribution in [0.2, 0.25) is 0 Å². The van der Waals surface area contributed by atoms with Crippen LogP contribution >= 0.6 is 24.4 Å². The predicted octanol–water partition coefficient (Wildman–Crippen LogP) is -0.452. The van der Waals surface area contributed by atoms with Gasteiger partial charge in [-0.1, -0.05) is 20.3 Å². The lowest BCUT2D eigenvalue weighted by Crippen LogP contribution is -2.59. The van der Waals surface area contributed by atoms with Crippen LogP contribution in [0.4, 0.5) is 0 Å². The van der Waals surface area contributed by atoms with Crippen LogP contribution in [-0.4, -0.2) is 80.7 Å². The minimum atomic E-state index is -1.21. The molecule has 186 valence electrons. The number of H-pyrrole nitrogens is 1. The lowest BCUT2D eigenvalue weighted by molar-refractivity contribution is -0.142. The van der Waals surface area contributed by atoms with E-state index in [1.165, 1.54) is 24.3 Å². The monoisotopic (exact) mass is 502 g/mol. The van der Waals surface area contributed by atoms with Gasteiger partial charge in [-0.15, -0.1) is 0 Å². The number of imidazole rings is 1. The van der Waals surface area contributed by atoms with Gasteiger partial charge < -0.3 is 31.8 Å². The quantitative estimate of drug-likeness (QED) is 0.158.